The van der Waals surface area contributed by atoms with Gasteiger partial charge in [0.2, 0.25) is 5.95 Å². The molecule has 3 heterocycles. The number of para-hydroxylation sites is 1. The van der Waals surface area contributed by atoms with Gasteiger partial charge in [-0.2, -0.15) is 8.78 Å². The summed E-state index contributed by atoms with van der Waals surface area (Å²) in [4.78, 5) is 9.03. The van der Waals surface area contributed by atoms with Crippen molar-refractivity contribution < 1.29 is 27.7 Å². The molecule has 31 heavy (non-hydrogen) atoms. The van der Waals surface area contributed by atoms with Gasteiger partial charge in [0, 0.05) is 24.1 Å². The Morgan fingerprint density at radius 1 is 1.23 bits per heavy atom. The predicted octanol–water partition coefficient (Wildman–Crippen LogP) is 3.09. The summed E-state index contributed by atoms with van der Waals surface area (Å²) in [6.45, 7) is -1.98. The second kappa shape index (κ2) is 7.49. The molecule has 2 aliphatic heterocycles. The summed E-state index contributed by atoms with van der Waals surface area (Å²) < 4.78 is 49.7. The average molecular weight is 431 g/mol. The Balaban J connectivity index is 1.71. The Bertz CT molecular complexity index is 1180. The molecular weight excluding hydrogens is 412 g/mol. The average Bonchev–Trinajstić information content (AvgIpc) is 2.92. The number of aliphatic imine (C=N–C) groups is 1. The van der Waals surface area contributed by atoms with Crippen LogP contribution >= 0.6 is 0 Å². The van der Waals surface area contributed by atoms with E-state index in [2.05, 4.69) is 15.3 Å². The number of ether oxygens (including phenoxy) is 4. The van der Waals surface area contributed by atoms with Gasteiger partial charge in [0.25, 0.3) is 0 Å². The molecule has 1 aromatic heterocycles. The summed E-state index contributed by atoms with van der Waals surface area (Å²) in [6.07, 6.45) is -0.0596. The zero-order valence-corrected chi connectivity index (χ0v) is 16.5. The second-order valence-corrected chi connectivity index (χ2v) is 6.91. The molecule has 0 unspecified atom stereocenters. The van der Waals surface area contributed by atoms with E-state index in [-0.39, 0.29) is 17.5 Å². The van der Waals surface area contributed by atoms with Crippen LogP contribution in [0.5, 0.6) is 23.0 Å². The molecule has 1 atom stereocenters. The van der Waals surface area contributed by atoms with Crippen molar-refractivity contribution in [3.8, 4) is 23.0 Å². The first-order valence-corrected chi connectivity index (χ1v) is 9.58. The molecule has 0 radical (unpaired) electrons. The SMILES string of the molecule is COc1cccc([C@H]2N=C(N)Nc3nc4cc5c(cc4n32)OCCCO5)c1OC(F)F. The Morgan fingerprint density at radius 3 is 2.74 bits per heavy atom. The number of hydrogen-bond donors (Lipinski definition) is 2. The molecule has 0 aliphatic carbocycles. The Morgan fingerprint density at radius 2 is 2.00 bits per heavy atom. The maximum absolute atomic E-state index is 13.2. The number of guanidine groups is 1. The molecule has 2 aliphatic rings. The van der Waals surface area contributed by atoms with Gasteiger partial charge in [0.05, 0.1) is 31.4 Å². The molecule has 0 saturated carbocycles. The Labute approximate surface area is 175 Å². The first kappa shape index (κ1) is 19.2. The van der Waals surface area contributed by atoms with Crippen molar-refractivity contribution in [2.24, 2.45) is 10.7 Å². The Kier molecular flexibility index (Phi) is 4.64. The number of hydrogen-bond acceptors (Lipinski definition) is 8. The van der Waals surface area contributed by atoms with Gasteiger partial charge in [-0.25, -0.2) is 9.98 Å². The highest BCUT2D eigenvalue weighted by Crippen LogP contribution is 2.43. The van der Waals surface area contributed by atoms with Crippen LogP contribution in [0.2, 0.25) is 0 Å². The Hall–Kier alpha value is -3.76. The number of nitrogens with one attached hydrogen (secondary N) is 1. The van der Waals surface area contributed by atoms with E-state index >= 15 is 0 Å². The first-order valence-electron chi connectivity index (χ1n) is 9.58. The van der Waals surface area contributed by atoms with E-state index in [4.69, 9.17) is 24.7 Å². The van der Waals surface area contributed by atoms with Crippen LogP contribution in [0.1, 0.15) is 18.2 Å². The van der Waals surface area contributed by atoms with Gasteiger partial charge in [-0.15, -0.1) is 0 Å². The van der Waals surface area contributed by atoms with Gasteiger partial charge in [0.15, 0.2) is 35.1 Å². The fourth-order valence-electron chi connectivity index (χ4n) is 3.74. The summed E-state index contributed by atoms with van der Waals surface area (Å²) in [5, 5.41) is 2.92. The van der Waals surface area contributed by atoms with Crippen LogP contribution in [-0.2, 0) is 0 Å². The van der Waals surface area contributed by atoms with Crippen molar-refractivity contribution in [1.29, 1.82) is 0 Å². The third kappa shape index (κ3) is 3.31. The molecule has 0 amide bonds. The van der Waals surface area contributed by atoms with E-state index in [1.807, 2.05) is 0 Å². The van der Waals surface area contributed by atoms with Gasteiger partial charge in [-0.05, 0) is 6.07 Å². The van der Waals surface area contributed by atoms with Crippen molar-refractivity contribution >= 4 is 22.9 Å². The fraction of sp³-hybridized carbons (Fsp3) is 0.300. The highest BCUT2D eigenvalue weighted by atomic mass is 19.3. The van der Waals surface area contributed by atoms with E-state index in [9.17, 15) is 8.78 Å². The van der Waals surface area contributed by atoms with Crippen LogP contribution in [0.3, 0.4) is 0 Å². The largest absolute Gasteiger partial charge is 0.493 e. The molecule has 2 aromatic carbocycles. The lowest BCUT2D eigenvalue weighted by molar-refractivity contribution is -0.0520. The van der Waals surface area contributed by atoms with Crippen molar-refractivity contribution in [3.63, 3.8) is 0 Å². The number of alkyl halides is 2. The van der Waals surface area contributed by atoms with Crippen molar-refractivity contribution in [3.05, 3.63) is 35.9 Å². The topological polar surface area (TPSA) is 105 Å². The third-order valence-corrected chi connectivity index (χ3v) is 5.02. The quantitative estimate of drug-likeness (QED) is 0.654. The van der Waals surface area contributed by atoms with Crippen LogP contribution in [0.4, 0.5) is 14.7 Å². The minimum absolute atomic E-state index is 0.0905. The van der Waals surface area contributed by atoms with Crippen LogP contribution in [0.15, 0.2) is 35.3 Å². The lowest BCUT2D eigenvalue weighted by atomic mass is 10.1. The lowest BCUT2D eigenvalue weighted by Crippen LogP contribution is -2.31. The van der Waals surface area contributed by atoms with Crippen molar-refractivity contribution in [2.45, 2.75) is 19.2 Å². The number of anilines is 1. The van der Waals surface area contributed by atoms with Crippen LogP contribution in [-0.4, -0.2) is 42.4 Å². The first-order chi connectivity index (χ1) is 15.0. The van der Waals surface area contributed by atoms with Gasteiger partial charge in [0.1, 0.15) is 0 Å². The van der Waals surface area contributed by atoms with E-state index < -0.39 is 12.8 Å². The zero-order valence-electron chi connectivity index (χ0n) is 16.5. The standard InChI is InChI=1S/C20H19F2N5O4/c1-28-13-5-2-4-10(16(13)31-18(21)22)17-25-19(23)26-20-24-11-8-14-15(9-12(11)27(17)20)30-7-3-6-29-14/h2,4-5,8-9,17-18H,3,6-7H2,1H3,(H3,23,24,25,26)/t17-/m0/s1. The molecule has 0 bridgehead atoms. The number of benzene rings is 2. The van der Waals surface area contributed by atoms with Crippen molar-refractivity contribution in [2.75, 3.05) is 25.6 Å². The van der Waals surface area contributed by atoms with Gasteiger partial charge in [-0.1, -0.05) is 12.1 Å². The summed E-state index contributed by atoms with van der Waals surface area (Å²) in [7, 11) is 1.38. The number of nitrogens with two attached hydrogens (primary N) is 1. The number of halogens is 2. The normalized spacial score (nSPS) is 17.5. The van der Waals surface area contributed by atoms with Gasteiger partial charge >= 0.3 is 6.61 Å². The number of fused-ring (bicyclic) bond motifs is 4. The van der Waals surface area contributed by atoms with Crippen LogP contribution in [0.25, 0.3) is 11.0 Å². The van der Waals surface area contributed by atoms with Crippen LogP contribution < -0.4 is 30.0 Å². The third-order valence-electron chi connectivity index (χ3n) is 5.02. The minimum Gasteiger partial charge on any atom is -0.493 e. The number of nitrogens with zero attached hydrogens (tertiary/aromatic N) is 3. The molecule has 9 nitrogen and oxygen atoms in total. The molecule has 0 fully saturated rings. The van der Waals surface area contributed by atoms with E-state index in [1.54, 1.807) is 28.8 Å². The maximum Gasteiger partial charge on any atom is 0.387 e. The number of aromatic nitrogens is 2. The minimum atomic E-state index is -3.04. The fourth-order valence-corrected chi connectivity index (χ4v) is 3.74. The van der Waals surface area contributed by atoms with E-state index in [0.717, 1.165) is 6.42 Å². The van der Waals surface area contributed by atoms with Gasteiger partial charge < -0.3 is 24.7 Å². The highest BCUT2D eigenvalue weighted by molar-refractivity contribution is 5.95. The monoisotopic (exact) mass is 431 g/mol. The highest BCUT2D eigenvalue weighted by Gasteiger charge is 2.30. The lowest BCUT2D eigenvalue weighted by Gasteiger charge is -2.26. The molecule has 3 aromatic rings. The molecule has 162 valence electrons. The smallest absolute Gasteiger partial charge is 0.387 e. The zero-order chi connectivity index (χ0) is 21.5. The number of methoxy groups -OCH3 is 1. The molecule has 5 rings (SSSR count). The van der Waals surface area contributed by atoms with E-state index in [0.29, 0.717) is 47.3 Å². The molecular formula is C20H19F2N5O4. The molecule has 0 saturated heterocycles. The summed E-state index contributed by atoms with van der Waals surface area (Å²) >= 11 is 0. The second-order valence-electron chi connectivity index (χ2n) is 6.91. The molecule has 11 heteroatoms. The number of rotatable bonds is 4. The predicted molar refractivity (Wildman–Crippen MR) is 108 cm³/mol. The number of imidazole rings is 1. The van der Waals surface area contributed by atoms with E-state index in [1.165, 1.54) is 13.2 Å². The van der Waals surface area contributed by atoms with Gasteiger partial charge in [-0.3, -0.25) is 9.88 Å². The summed E-state index contributed by atoms with van der Waals surface area (Å²) in [5.41, 5.74) is 7.60. The van der Waals surface area contributed by atoms with Crippen molar-refractivity contribution in [1.82, 2.24) is 9.55 Å². The van der Waals surface area contributed by atoms with Crippen LogP contribution in [0, 0.1) is 0 Å². The maximum atomic E-state index is 13.2. The summed E-state index contributed by atoms with van der Waals surface area (Å²) in [5.74, 6) is 1.69. The molecule has 0 spiro atoms. The summed E-state index contributed by atoms with van der Waals surface area (Å²) in [6, 6.07) is 8.41. The molecule has 3 N–H and O–H groups in total.